The third kappa shape index (κ3) is 2.28. The van der Waals surface area contributed by atoms with E-state index in [9.17, 15) is 4.79 Å². The van der Waals surface area contributed by atoms with Gasteiger partial charge in [-0.25, -0.2) is 4.79 Å². The summed E-state index contributed by atoms with van der Waals surface area (Å²) in [5.74, 6) is -0.879. The minimum Gasteiger partial charge on any atom is -0.478 e. The fourth-order valence-corrected chi connectivity index (χ4v) is 0.581. The number of hydrogen-bond acceptors (Lipinski definition) is 1. The number of rotatable bonds is 1. The Morgan fingerprint density at radius 1 is 1.20 bits per heavy atom. The molecular weight excluding hydrogens is 217 g/mol. The summed E-state index contributed by atoms with van der Waals surface area (Å²) in [6, 6.07) is 8.30. The monoisotopic (exact) mass is 224 g/mol. The molecule has 54 valence electrons. The Labute approximate surface area is 71.6 Å². The van der Waals surface area contributed by atoms with Gasteiger partial charge < -0.3 is 5.11 Å². The van der Waals surface area contributed by atoms with Gasteiger partial charge in [0.1, 0.15) is 0 Å². The smallest absolute Gasteiger partial charge is 0.335 e. The van der Waals surface area contributed by atoms with E-state index in [2.05, 4.69) is 0 Å². The van der Waals surface area contributed by atoms with Crippen molar-refractivity contribution in [2.24, 2.45) is 0 Å². The molecular formula is C7H6O2Ru. The predicted octanol–water partition coefficient (Wildman–Crippen LogP) is 1.38. The largest absolute Gasteiger partial charge is 0.478 e. The van der Waals surface area contributed by atoms with Crippen molar-refractivity contribution in [3.63, 3.8) is 0 Å². The van der Waals surface area contributed by atoms with Crippen molar-refractivity contribution >= 4 is 5.97 Å². The molecule has 0 unspecified atom stereocenters. The van der Waals surface area contributed by atoms with Crippen molar-refractivity contribution < 1.29 is 29.4 Å². The van der Waals surface area contributed by atoms with Gasteiger partial charge in [0.25, 0.3) is 0 Å². The van der Waals surface area contributed by atoms with Crippen molar-refractivity contribution in [3.05, 3.63) is 35.9 Å². The molecule has 10 heavy (non-hydrogen) atoms. The molecule has 0 saturated carbocycles. The average Bonchev–Trinajstić information content (AvgIpc) is 1.90. The summed E-state index contributed by atoms with van der Waals surface area (Å²) in [5.41, 5.74) is 0.331. The Morgan fingerprint density at radius 2 is 1.70 bits per heavy atom. The molecule has 1 aromatic rings. The third-order valence-electron chi connectivity index (χ3n) is 1.02. The maximum absolute atomic E-state index is 10.2. The van der Waals surface area contributed by atoms with Gasteiger partial charge in [-0.3, -0.25) is 0 Å². The van der Waals surface area contributed by atoms with Crippen LogP contribution in [0, 0.1) is 0 Å². The maximum atomic E-state index is 10.2. The number of benzene rings is 1. The van der Waals surface area contributed by atoms with Crippen LogP contribution in [0.2, 0.25) is 0 Å². The van der Waals surface area contributed by atoms with Gasteiger partial charge in [0, 0.05) is 19.5 Å². The van der Waals surface area contributed by atoms with Gasteiger partial charge in [0.15, 0.2) is 0 Å². The van der Waals surface area contributed by atoms with Crippen molar-refractivity contribution in [1.82, 2.24) is 0 Å². The standard InChI is InChI=1S/C7H6O2.Ru/c8-7(9)6-4-2-1-3-5-6;/h1-5H,(H,8,9);. The van der Waals surface area contributed by atoms with E-state index in [-0.39, 0.29) is 19.5 Å². The van der Waals surface area contributed by atoms with E-state index in [1.54, 1.807) is 30.3 Å². The van der Waals surface area contributed by atoms with Crippen LogP contribution in [0.25, 0.3) is 0 Å². The molecule has 0 aliphatic rings. The van der Waals surface area contributed by atoms with Crippen LogP contribution in [0.15, 0.2) is 30.3 Å². The number of carboxylic acid groups (broad SMARTS) is 1. The van der Waals surface area contributed by atoms with Crippen molar-refractivity contribution in [2.75, 3.05) is 0 Å². The molecule has 0 aliphatic carbocycles. The zero-order valence-electron chi connectivity index (χ0n) is 5.10. The van der Waals surface area contributed by atoms with E-state index in [1.165, 1.54) is 0 Å². The summed E-state index contributed by atoms with van der Waals surface area (Å²) in [6.45, 7) is 0. The first-order chi connectivity index (χ1) is 4.30. The van der Waals surface area contributed by atoms with Gasteiger partial charge in [0.05, 0.1) is 5.56 Å². The molecule has 1 aromatic carbocycles. The zero-order chi connectivity index (χ0) is 6.69. The predicted molar refractivity (Wildman–Crippen MR) is 33.4 cm³/mol. The van der Waals surface area contributed by atoms with Gasteiger partial charge in [-0.1, -0.05) is 18.2 Å². The molecule has 2 nitrogen and oxygen atoms in total. The van der Waals surface area contributed by atoms with E-state index in [0.717, 1.165) is 0 Å². The zero-order valence-corrected chi connectivity index (χ0v) is 6.83. The molecule has 0 bridgehead atoms. The van der Waals surface area contributed by atoms with E-state index < -0.39 is 5.97 Å². The van der Waals surface area contributed by atoms with Crippen LogP contribution in [-0.2, 0) is 19.5 Å². The Hall–Kier alpha value is -0.687. The molecule has 0 aliphatic heterocycles. The topological polar surface area (TPSA) is 37.3 Å². The number of aromatic carboxylic acids is 1. The normalized spacial score (nSPS) is 8.00. The van der Waals surface area contributed by atoms with Crippen LogP contribution in [0.1, 0.15) is 10.4 Å². The van der Waals surface area contributed by atoms with Crippen LogP contribution < -0.4 is 0 Å². The molecule has 0 radical (unpaired) electrons. The van der Waals surface area contributed by atoms with E-state index in [0.29, 0.717) is 5.56 Å². The summed E-state index contributed by atoms with van der Waals surface area (Å²) in [6.07, 6.45) is 0. The van der Waals surface area contributed by atoms with Crippen LogP contribution in [0.4, 0.5) is 0 Å². The summed E-state index contributed by atoms with van der Waals surface area (Å²) in [4.78, 5) is 10.2. The van der Waals surface area contributed by atoms with Gasteiger partial charge in [-0.05, 0) is 12.1 Å². The second kappa shape index (κ2) is 4.18. The molecule has 0 amide bonds. The van der Waals surface area contributed by atoms with Crippen molar-refractivity contribution in [2.45, 2.75) is 0 Å². The quantitative estimate of drug-likeness (QED) is 0.730. The molecule has 0 atom stereocenters. The van der Waals surface area contributed by atoms with E-state index in [4.69, 9.17) is 5.11 Å². The fourth-order valence-electron chi connectivity index (χ4n) is 0.581. The van der Waals surface area contributed by atoms with Crippen LogP contribution in [-0.4, -0.2) is 11.1 Å². The SMILES string of the molecule is O=C(O)c1ccccc1.[Ru]. The number of carbonyl (C=O) groups is 1. The van der Waals surface area contributed by atoms with Gasteiger partial charge in [-0.15, -0.1) is 0 Å². The van der Waals surface area contributed by atoms with Gasteiger partial charge >= 0.3 is 5.97 Å². The molecule has 1 N–H and O–H groups in total. The maximum Gasteiger partial charge on any atom is 0.335 e. The van der Waals surface area contributed by atoms with Crippen molar-refractivity contribution in [1.29, 1.82) is 0 Å². The van der Waals surface area contributed by atoms with Crippen LogP contribution >= 0.6 is 0 Å². The molecule has 0 heterocycles. The molecule has 0 aromatic heterocycles. The van der Waals surface area contributed by atoms with Crippen molar-refractivity contribution in [3.8, 4) is 0 Å². The summed E-state index contributed by atoms with van der Waals surface area (Å²) < 4.78 is 0. The fraction of sp³-hybridized carbons (Fsp3) is 0. The second-order valence-corrected chi connectivity index (χ2v) is 1.67. The minimum atomic E-state index is -0.879. The Balaban J connectivity index is 0.000000810. The molecule has 3 heteroatoms. The molecule has 1 rings (SSSR count). The Kier molecular flexibility index (Phi) is 3.89. The van der Waals surface area contributed by atoms with Gasteiger partial charge in [-0.2, -0.15) is 0 Å². The van der Waals surface area contributed by atoms with Crippen LogP contribution in [0.3, 0.4) is 0 Å². The molecule has 0 spiro atoms. The average molecular weight is 223 g/mol. The number of hydrogen-bond donors (Lipinski definition) is 1. The van der Waals surface area contributed by atoms with E-state index >= 15 is 0 Å². The van der Waals surface area contributed by atoms with E-state index in [1.807, 2.05) is 0 Å². The molecule has 0 fully saturated rings. The summed E-state index contributed by atoms with van der Waals surface area (Å²) >= 11 is 0. The Bertz CT molecular complexity index is 208. The summed E-state index contributed by atoms with van der Waals surface area (Å²) in [7, 11) is 0. The summed E-state index contributed by atoms with van der Waals surface area (Å²) in [5, 5.41) is 8.38. The molecule has 0 saturated heterocycles. The number of carboxylic acids is 1. The third-order valence-corrected chi connectivity index (χ3v) is 1.02. The Morgan fingerprint density at radius 3 is 2.00 bits per heavy atom. The second-order valence-electron chi connectivity index (χ2n) is 1.67. The first-order valence-electron chi connectivity index (χ1n) is 2.59. The van der Waals surface area contributed by atoms with Gasteiger partial charge in [0.2, 0.25) is 0 Å². The first-order valence-corrected chi connectivity index (χ1v) is 2.59. The minimum absolute atomic E-state index is 0. The van der Waals surface area contributed by atoms with Crippen LogP contribution in [0.5, 0.6) is 0 Å². The first kappa shape index (κ1) is 9.31.